The number of rotatable bonds is 52. The Kier molecular flexibility index (Phi) is 52.1. The van der Waals surface area contributed by atoms with Gasteiger partial charge in [-0.1, -0.05) is 237 Å². The number of ether oxygens (including phenoxy) is 1. The lowest BCUT2D eigenvalue weighted by Gasteiger charge is -2.22. The van der Waals surface area contributed by atoms with Gasteiger partial charge < -0.3 is 20.3 Å². The molecule has 0 aliphatic rings. The zero-order valence-electron chi connectivity index (χ0n) is 42.8. The van der Waals surface area contributed by atoms with Crippen molar-refractivity contribution < 1.29 is 24.5 Å². The standard InChI is InChI=1S/C58H109NO5/c1-3-5-7-9-11-13-15-17-19-20-21-22-23-24-25-27-28-30-34-38-42-46-50-56(61)55(54-60)59-57(62)51-47-43-39-35-32-33-37-41-45-49-53-64-58(63)52-48-44-40-36-31-29-26-18-16-14-12-10-8-6-4-2/h12,14,18,26,33,37,55-56,60-61H,3-11,13,15-17,19-25,27-32,34-36,38-54H2,1-2H3,(H,59,62)/b14-12-,26-18-,37-33-. The van der Waals surface area contributed by atoms with Gasteiger partial charge >= 0.3 is 5.97 Å². The molecule has 0 aliphatic heterocycles. The first kappa shape index (κ1) is 62.1. The van der Waals surface area contributed by atoms with Crippen LogP contribution < -0.4 is 5.32 Å². The number of carbonyl (C=O) groups excluding carboxylic acids is 2. The Morgan fingerprint density at radius 2 is 0.781 bits per heavy atom. The van der Waals surface area contributed by atoms with E-state index in [1.54, 1.807) is 0 Å². The normalized spacial score (nSPS) is 12.9. The molecule has 0 aromatic rings. The second-order valence-corrected chi connectivity index (χ2v) is 19.3. The van der Waals surface area contributed by atoms with Gasteiger partial charge in [0, 0.05) is 12.8 Å². The molecular weight excluding hydrogens is 791 g/mol. The fourth-order valence-corrected chi connectivity index (χ4v) is 8.55. The predicted octanol–water partition coefficient (Wildman–Crippen LogP) is 17.2. The van der Waals surface area contributed by atoms with Gasteiger partial charge in [0.2, 0.25) is 5.91 Å². The number of hydrogen-bond donors (Lipinski definition) is 3. The van der Waals surface area contributed by atoms with E-state index >= 15 is 0 Å². The maximum absolute atomic E-state index is 12.5. The van der Waals surface area contributed by atoms with Crippen molar-refractivity contribution in [1.29, 1.82) is 0 Å². The molecule has 64 heavy (non-hydrogen) atoms. The van der Waals surface area contributed by atoms with Gasteiger partial charge in [-0.05, 0) is 83.5 Å². The summed E-state index contributed by atoms with van der Waals surface area (Å²) in [7, 11) is 0. The van der Waals surface area contributed by atoms with Gasteiger partial charge in [0.05, 0.1) is 25.4 Å². The average Bonchev–Trinajstić information content (AvgIpc) is 3.29. The summed E-state index contributed by atoms with van der Waals surface area (Å²) >= 11 is 0. The second-order valence-electron chi connectivity index (χ2n) is 19.3. The smallest absolute Gasteiger partial charge is 0.305 e. The number of amides is 1. The highest BCUT2D eigenvalue weighted by atomic mass is 16.5. The van der Waals surface area contributed by atoms with Crippen LogP contribution in [0.2, 0.25) is 0 Å². The monoisotopic (exact) mass is 900 g/mol. The third-order valence-corrected chi connectivity index (χ3v) is 12.9. The highest BCUT2D eigenvalue weighted by Gasteiger charge is 2.20. The van der Waals surface area contributed by atoms with Crippen LogP contribution in [0.5, 0.6) is 0 Å². The average molecular weight is 901 g/mol. The molecule has 1 amide bonds. The van der Waals surface area contributed by atoms with Crippen molar-refractivity contribution in [3.05, 3.63) is 36.5 Å². The van der Waals surface area contributed by atoms with E-state index in [1.165, 1.54) is 173 Å². The summed E-state index contributed by atoms with van der Waals surface area (Å²) in [4.78, 5) is 24.5. The molecule has 0 bridgehead atoms. The second kappa shape index (κ2) is 53.7. The number of hydrogen-bond acceptors (Lipinski definition) is 5. The Hall–Kier alpha value is -1.92. The van der Waals surface area contributed by atoms with E-state index in [0.29, 0.717) is 25.9 Å². The molecule has 3 N–H and O–H groups in total. The SMILES string of the molecule is CCCCC/C=C\C/C=C\CCCCCCCC(=O)OCCCC/C=C\CCCCCCC(=O)NC(CO)C(O)CCCCCCCCCCCCCCCCCCCCCCCC. The van der Waals surface area contributed by atoms with Crippen molar-refractivity contribution in [2.75, 3.05) is 13.2 Å². The molecule has 2 atom stereocenters. The fourth-order valence-electron chi connectivity index (χ4n) is 8.55. The Bertz CT molecular complexity index is 1040. The van der Waals surface area contributed by atoms with Crippen molar-refractivity contribution >= 4 is 11.9 Å². The molecule has 0 fully saturated rings. The lowest BCUT2D eigenvalue weighted by Crippen LogP contribution is -2.45. The summed E-state index contributed by atoms with van der Waals surface area (Å²) in [6.07, 6.45) is 65.6. The molecule has 0 saturated heterocycles. The van der Waals surface area contributed by atoms with Crippen LogP contribution in [0.25, 0.3) is 0 Å². The van der Waals surface area contributed by atoms with E-state index in [2.05, 4.69) is 55.6 Å². The van der Waals surface area contributed by atoms with Gasteiger partial charge in [-0.25, -0.2) is 0 Å². The molecule has 2 unspecified atom stereocenters. The minimum atomic E-state index is -0.688. The lowest BCUT2D eigenvalue weighted by atomic mass is 10.0. The van der Waals surface area contributed by atoms with Crippen molar-refractivity contribution in [3.8, 4) is 0 Å². The van der Waals surface area contributed by atoms with E-state index in [0.717, 1.165) is 89.9 Å². The summed E-state index contributed by atoms with van der Waals surface area (Å²) in [5.74, 6) is -0.120. The van der Waals surface area contributed by atoms with Crippen LogP contribution in [0.3, 0.4) is 0 Å². The molecular formula is C58H109NO5. The highest BCUT2D eigenvalue weighted by molar-refractivity contribution is 5.76. The van der Waals surface area contributed by atoms with Crippen LogP contribution in [0, 0.1) is 0 Å². The van der Waals surface area contributed by atoms with Crippen LogP contribution in [0.1, 0.15) is 296 Å². The van der Waals surface area contributed by atoms with Gasteiger partial charge in [-0.15, -0.1) is 0 Å². The third-order valence-electron chi connectivity index (χ3n) is 12.9. The molecule has 0 radical (unpaired) electrons. The Morgan fingerprint density at radius 1 is 0.438 bits per heavy atom. The highest BCUT2D eigenvalue weighted by Crippen LogP contribution is 2.17. The van der Waals surface area contributed by atoms with Crippen molar-refractivity contribution in [1.82, 2.24) is 5.32 Å². The molecule has 0 aromatic carbocycles. The van der Waals surface area contributed by atoms with Crippen molar-refractivity contribution in [2.45, 2.75) is 309 Å². The van der Waals surface area contributed by atoms with E-state index in [4.69, 9.17) is 4.74 Å². The summed E-state index contributed by atoms with van der Waals surface area (Å²) < 4.78 is 5.43. The van der Waals surface area contributed by atoms with Crippen LogP contribution in [-0.2, 0) is 14.3 Å². The van der Waals surface area contributed by atoms with Gasteiger partial charge in [-0.2, -0.15) is 0 Å². The molecule has 0 heterocycles. The summed E-state index contributed by atoms with van der Waals surface area (Å²) in [5.41, 5.74) is 0. The Labute approximate surface area is 398 Å². The zero-order valence-corrected chi connectivity index (χ0v) is 42.8. The molecule has 0 spiro atoms. The number of unbranched alkanes of at least 4 members (excludes halogenated alkanes) is 35. The summed E-state index contributed by atoms with van der Waals surface area (Å²) in [6, 6.07) is -0.569. The fraction of sp³-hybridized carbons (Fsp3) is 0.862. The molecule has 0 rings (SSSR count). The number of carbonyl (C=O) groups is 2. The van der Waals surface area contributed by atoms with Crippen LogP contribution in [0.4, 0.5) is 0 Å². The van der Waals surface area contributed by atoms with Gasteiger partial charge in [0.1, 0.15) is 0 Å². The van der Waals surface area contributed by atoms with Crippen molar-refractivity contribution in [2.24, 2.45) is 0 Å². The lowest BCUT2D eigenvalue weighted by molar-refractivity contribution is -0.143. The number of esters is 1. The van der Waals surface area contributed by atoms with Gasteiger partial charge in [0.25, 0.3) is 0 Å². The molecule has 0 aromatic heterocycles. The first-order chi connectivity index (χ1) is 31.5. The molecule has 6 nitrogen and oxygen atoms in total. The summed E-state index contributed by atoms with van der Waals surface area (Å²) in [6.45, 7) is 4.84. The van der Waals surface area contributed by atoms with Crippen LogP contribution >= 0.6 is 0 Å². The predicted molar refractivity (Wildman–Crippen MR) is 278 cm³/mol. The zero-order chi connectivity index (χ0) is 46.5. The number of aliphatic hydroxyl groups is 2. The molecule has 376 valence electrons. The number of allylic oxidation sites excluding steroid dienone is 6. The molecule has 0 saturated carbocycles. The minimum Gasteiger partial charge on any atom is -0.466 e. The third kappa shape index (κ3) is 49.5. The maximum atomic E-state index is 12.5. The van der Waals surface area contributed by atoms with E-state index < -0.39 is 12.1 Å². The quantitative estimate of drug-likeness (QED) is 0.0321. The van der Waals surface area contributed by atoms with E-state index in [1.807, 2.05) is 0 Å². The Balaban J connectivity index is 3.52. The number of nitrogens with one attached hydrogen (secondary N) is 1. The molecule has 6 heteroatoms. The minimum absolute atomic E-state index is 0.0499. The maximum Gasteiger partial charge on any atom is 0.305 e. The van der Waals surface area contributed by atoms with Crippen molar-refractivity contribution in [3.63, 3.8) is 0 Å². The van der Waals surface area contributed by atoms with E-state index in [-0.39, 0.29) is 18.5 Å². The van der Waals surface area contributed by atoms with Crippen LogP contribution in [-0.4, -0.2) is 47.4 Å². The summed E-state index contributed by atoms with van der Waals surface area (Å²) in [5, 5.41) is 23.3. The first-order valence-electron chi connectivity index (χ1n) is 28.2. The van der Waals surface area contributed by atoms with Gasteiger partial charge in [-0.3, -0.25) is 9.59 Å². The Morgan fingerprint density at radius 3 is 1.23 bits per heavy atom. The van der Waals surface area contributed by atoms with Gasteiger partial charge in [0.15, 0.2) is 0 Å². The van der Waals surface area contributed by atoms with Crippen LogP contribution in [0.15, 0.2) is 36.5 Å². The molecule has 0 aliphatic carbocycles. The first-order valence-corrected chi connectivity index (χ1v) is 28.2. The van der Waals surface area contributed by atoms with E-state index in [9.17, 15) is 19.8 Å². The number of aliphatic hydroxyl groups excluding tert-OH is 2. The largest absolute Gasteiger partial charge is 0.466 e. The topological polar surface area (TPSA) is 95.9 Å².